The zero-order chi connectivity index (χ0) is 18.9. The van der Waals surface area contributed by atoms with Gasteiger partial charge in [0.15, 0.2) is 0 Å². The second-order valence-corrected chi connectivity index (χ2v) is 5.46. The quantitative estimate of drug-likeness (QED) is 0.766. The summed E-state index contributed by atoms with van der Waals surface area (Å²) < 4.78 is 45.4. The lowest BCUT2D eigenvalue weighted by Crippen LogP contribution is -2.19. The Bertz CT molecular complexity index is 1020. The highest BCUT2D eigenvalue weighted by Crippen LogP contribution is 2.34. The van der Waals surface area contributed by atoms with Crippen LogP contribution in [0, 0.1) is 0 Å². The Kier molecular flexibility index (Phi) is 4.54. The summed E-state index contributed by atoms with van der Waals surface area (Å²) in [7, 11) is 1.28. The average molecular weight is 364 g/mol. The lowest BCUT2D eigenvalue weighted by Gasteiger charge is -2.13. The molecule has 3 aromatic rings. The molecule has 0 aliphatic rings. The number of rotatable bonds is 4. The summed E-state index contributed by atoms with van der Waals surface area (Å²) in [6, 6.07) is 6.26. The molecule has 3 rings (SSSR count). The van der Waals surface area contributed by atoms with Crippen LogP contribution >= 0.6 is 0 Å². The van der Waals surface area contributed by atoms with Crippen molar-refractivity contribution in [2.75, 3.05) is 12.4 Å². The minimum absolute atomic E-state index is 0.0496. The third-order valence-electron chi connectivity index (χ3n) is 3.77. The van der Waals surface area contributed by atoms with Crippen LogP contribution in [-0.2, 0) is 12.7 Å². The summed E-state index contributed by atoms with van der Waals surface area (Å²) in [4.78, 5) is 20.3. The third kappa shape index (κ3) is 3.46. The fourth-order valence-electron chi connectivity index (χ4n) is 2.52. The van der Waals surface area contributed by atoms with Crippen LogP contribution in [0.2, 0.25) is 0 Å². The molecule has 26 heavy (non-hydrogen) atoms. The normalized spacial score (nSPS) is 11.6. The standard InChI is InChI=1S/C17H15F3N4O2/c1-3-24-14(25)5-4-10-9-21-16(23-15(10)24)22-12-6-11(17(18,19)20)7-13(8-12)26-2/h4-9H,3H2,1-2H3,(H,21,22,23). The Morgan fingerprint density at radius 1 is 1.23 bits per heavy atom. The van der Waals surface area contributed by atoms with Gasteiger partial charge in [-0.2, -0.15) is 18.2 Å². The monoisotopic (exact) mass is 364 g/mol. The number of pyridine rings is 1. The molecule has 2 aromatic heterocycles. The van der Waals surface area contributed by atoms with E-state index in [1.54, 1.807) is 13.0 Å². The van der Waals surface area contributed by atoms with Gasteiger partial charge in [-0.25, -0.2) is 4.98 Å². The van der Waals surface area contributed by atoms with E-state index in [2.05, 4.69) is 15.3 Å². The topological polar surface area (TPSA) is 69.0 Å². The third-order valence-corrected chi connectivity index (χ3v) is 3.77. The molecule has 0 amide bonds. The van der Waals surface area contributed by atoms with Gasteiger partial charge in [0, 0.05) is 35.9 Å². The van der Waals surface area contributed by atoms with Crippen molar-refractivity contribution in [3.05, 3.63) is 52.4 Å². The highest BCUT2D eigenvalue weighted by Gasteiger charge is 2.31. The first-order chi connectivity index (χ1) is 12.3. The number of ether oxygens (including phenoxy) is 1. The number of alkyl halides is 3. The number of benzene rings is 1. The second kappa shape index (κ2) is 6.66. The predicted octanol–water partition coefficient (Wildman–Crippen LogP) is 3.58. The first-order valence-corrected chi connectivity index (χ1v) is 7.71. The van der Waals surface area contributed by atoms with Gasteiger partial charge in [-0.15, -0.1) is 0 Å². The Balaban J connectivity index is 2.05. The average Bonchev–Trinajstić information content (AvgIpc) is 2.60. The van der Waals surface area contributed by atoms with Gasteiger partial charge in [-0.3, -0.25) is 9.36 Å². The number of nitrogens with zero attached hydrogens (tertiary/aromatic N) is 3. The minimum atomic E-state index is -4.52. The van der Waals surface area contributed by atoms with Gasteiger partial charge in [-0.05, 0) is 25.1 Å². The highest BCUT2D eigenvalue weighted by molar-refractivity contribution is 5.75. The van der Waals surface area contributed by atoms with Crippen LogP contribution < -0.4 is 15.6 Å². The summed E-state index contributed by atoms with van der Waals surface area (Å²) >= 11 is 0. The lowest BCUT2D eigenvalue weighted by molar-refractivity contribution is -0.137. The molecule has 0 spiro atoms. The molecule has 1 aromatic carbocycles. The van der Waals surface area contributed by atoms with Crippen molar-refractivity contribution in [3.8, 4) is 5.75 Å². The fourth-order valence-corrected chi connectivity index (χ4v) is 2.52. The van der Waals surface area contributed by atoms with Gasteiger partial charge >= 0.3 is 6.18 Å². The van der Waals surface area contributed by atoms with E-state index in [-0.39, 0.29) is 22.9 Å². The lowest BCUT2D eigenvalue weighted by atomic mass is 10.2. The minimum Gasteiger partial charge on any atom is -0.497 e. The summed E-state index contributed by atoms with van der Waals surface area (Å²) in [5.41, 5.74) is -0.551. The molecule has 6 nitrogen and oxygen atoms in total. The maximum Gasteiger partial charge on any atom is 0.416 e. The van der Waals surface area contributed by atoms with Crippen molar-refractivity contribution < 1.29 is 17.9 Å². The van der Waals surface area contributed by atoms with Crippen molar-refractivity contribution in [2.24, 2.45) is 0 Å². The Morgan fingerprint density at radius 3 is 2.65 bits per heavy atom. The maximum absolute atomic E-state index is 13.0. The van der Waals surface area contributed by atoms with Gasteiger partial charge in [-0.1, -0.05) is 0 Å². The fraction of sp³-hybridized carbons (Fsp3) is 0.235. The molecular formula is C17H15F3N4O2. The van der Waals surface area contributed by atoms with E-state index in [0.29, 0.717) is 17.6 Å². The van der Waals surface area contributed by atoms with E-state index in [1.807, 2.05) is 0 Å². The van der Waals surface area contributed by atoms with Crippen LogP contribution in [0.4, 0.5) is 24.8 Å². The molecule has 0 saturated heterocycles. The van der Waals surface area contributed by atoms with Crippen LogP contribution in [0.25, 0.3) is 11.0 Å². The molecule has 0 saturated carbocycles. The van der Waals surface area contributed by atoms with Crippen molar-refractivity contribution >= 4 is 22.7 Å². The number of nitrogens with one attached hydrogen (secondary N) is 1. The molecule has 0 fully saturated rings. The first-order valence-electron chi connectivity index (χ1n) is 7.71. The Hall–Kier alpha value is -3.10. The first kappa shape index (κ1) is 17.7. The molecule has 0 unspecified atom stereocenters. The van der Waals surface area contributed by atoms with E-state index >= 15 is 0 Å². The van der Waals surface area contributed by atoms with Crippen molar-refractivity contribution in [1.29, 1.82) is 0 Å². The molecule has 9 heteroatoms. The molecule has 0 bridgehead atoms. The van der Waals surface area contributed by atoms with Crippen LogP contribution in [0.3, 0.4) is 0 Å². The number of aryl methyl sites for hydroxylation is 1. The number of halogens is 3. The van der Waals surface area contributed by atoms with E-state index < -0.39 is 11.7 Å². The Labute approximate surface area is 146 Å². The molecule has 1 N–H and O–H groups in total. The number of aromatic nitrogens is 3. The van der Waals surface area contributed by atoms with Gasteiger partial charge in [0.2, 0.25) is 5.95 Å². The molecular weight excluding hydrogens is 349 g/mol. The highest BCUT2D eigenvalue weighted by atomic mass is 19.4. The zero-order valence-corrected chi connectivity index (χ0v) is 14.0. The number of hydrogen-bond donors (Lipinski definition) is 1. The number of fused-ring (bicyclic) bond motifs is 1. The molecule has 0 aliphatic heterocycles. The Morgan fingerprint density at radius 2 is 2.00 bits per heavy atom. The second-order valence-electron chi connectivity index (χ2n) is 5.46. The molecule has 0 atom stereocenters. The van der Waals surface area contributed by atoms with E-state index in [1.165, 1.54) is 30.0 Å². The van der Waals surface area contributed by atoms with Crippen LogP contribution in [0.15, 0.2) is 41.3 Å². The largest absolute Gasteiger partial charge is 0.497 e. The molecule has 136 valence electrons. The van der Waals surface area contributed by atoms with E-state index in [4.69, 9.17) is 4.74 Å². The zero-order valence-electron chi connectivity index (χ0n) is 14.0. The van der Waals surface area contributed by atoms with E-state index in [0.717, 1.165) is 12.1 Å². The van der Waals surface area contributed by atoms with Gasteiger partial charge in [0.05, 0.1) is 12.7 Å². The summed E-state index contributed by atoms with van der Waals surface area (Å²) in [5, 5.41) is 3.39. The summed E-state index contributed by atoms with van der Waals surface area (Å²) in [5.74, 6) is 0.125. The van der Waals surface area contributed by atoms with Crippen LogP contribution in [0.5, 0.6) is 5.75 Å². The predicted molar refractivity (Wildman–Crippen MR) is 90.8 cm³/mol. The van der Waals surface area contributed by atoms with Crippen molar-refractivity contribution in [3.63, 3.8) is 0 Å². The maximum atomic E-state index is 13.0. The van der Waals surface area contributed by atoms with Crippen molar-refractivity contribution in [2.45, 2.75) is 19.6 Å². The number of anilines is 2. The van der Waals surface area contributed by atoms with Crippen molar-refractivity contribution in [1.82, 2.24) is 14.5 Å². The number of hydrogen-bond acceptors (Lipinski definition) is 5. The molecule has 0 aliphatic carbocycles. The van der Waals surface area contributed by atoms with Crippen LogP contribution in [0.1, 0.15) is 12.5 Å². The summed E-state index contributed by atoms with van der Waals surface area (Å²) in [6.45, 7) is 2.21. The van der Waals surface area contributed by atoms with Gasteiger partial charge in [0.25, 0.3) is 5.56 Å². The van der Waals surface area contributed by atoms with Crippen LogP contribution in [-0.4, -0.2) is 21.6 Å². The molecule has 0 radical (unpaired) electrons. The SMILES string of the molecule is CCn1c(=O)ccc2cnc(Nc3cc(OC)cc(C(F)(F)F)c3)nc21. The smallest absolute Gasteiger partial charge is 0.416 e. The van der Waals surface area contributed by atoms with Gasteiger partial charge in [0.1, 0.15) is 11.4 Å². The number of methoxy groups -OCH3 is 1. The molecule has 2 heterocycles. The van der Waals surface area contributed by atoms with E-state index in [9.17, 15) is 18.0 Å². The van der Waals surface area contributed by atoms with Gasteiger partial charge < -0.3 is 10.1 Å². The summed E-state index contributed by atoms with van der Waals surface area (Å²) in [6.07, 6.45) is -3.01.